The van der Waals surface area contributed by atoms with Crippen LogP contribution in [0.1, 0.15) is 25.7 Å². The summed E-state index contributed by atoms with van der Waals surface area (Å²) >= 11 is 0. The van der Waals surface area contributed by atoms with E-state index in [1.165, 1.54) is 12.8 Å². The third-order valence-corrected chi connectivity index (χ3v) is 4.75. The Morgan fingerprint density at radius 3 is 2.53 bits per heavy atom. The van der Waals surface area contributed by atoms with Crippen LogP contribution in [0.2, 0.25) is 0 Å². The van der Waals surface area contributed by atoms with Gasteiger partial charge in [-0.15, -0.1) is 0 Å². The number of piperidine rings is 1. The Kier molecular flexibility index (Phi) is 3.09. The highest BCUT2D eigenvalue weighted by molar-refractivity contribution is 5.76. The normalized spacial score (nSPS) is 40.9. The fourth-order valence-corrected chi connectivity index (χ4v) is 3.59. The van der Waals surface area contributed by atoms with Gasteiger partial charge in [-0.3, -0.25) is 4.79 Å². The lowest BCUT2D eigenvalue weighted by atomic mass is 9.92. The van der Waals surface area contributed by atoms with Crippen LogP contribution in [-0.4, -0.2) is 43.2 Å². The molecule has 2 aliphatic heterocycles. The van der Waals surface area contributed by atoms with Crippen molar-refractivity contribution in [2.24, 2.45) is 23.5 Å². The van der Waals surface area contributed by atoms with Gasteiger partial charge >= 0.3 is 0 Å². The van der Waals surface area contributed by atoms with Gasteiger partial charge in [-0.1, -0.05) is 0 Å². The van der Waals surface area contributed by atoms with Crippen molar-refractivity contribution in [3.05, 3.63) is 0 Å². The maximum absolute atomic E-state index is 12.2. The van der Waals surface area contributed by atoms with Crippen molar-refractivity contribution in [2.75, 3.05) is 26.3 Å². The van der Waals surface area contributed by atoms with Gasteiger partial charge in [0.15, 0.2) is 0 Å². The number of carbonyl (C=O) groups excluding carboxylic acids is 1. The number of ether oxygens (including phenoxy) is 1. The van der Waals surface area contributed by atoms with E-state index in [0.29, 0.717) is 36.1 Å². The van der Waals surface area contributed by atoms with E-state index in [2.05, 4.69) is 4.90 Å². The van der Waals surface area contributed by atoms with Gasteiger partial charge in [0, 0.05) is 38.8 Å². The van der Waals surface area contributed by atoms with E-state index in [-0.39, 0.29) is 0 Å². The molecule has 3 aliphatic rings. The highest BCUT2D eigenvalue weighted by Gasteiger charge is 2.41. The molecule has 2 bridgehead atoms. The smallest absolute Gasteiger partial charge is 0.222 e. The van der Waals surface area contributed by atoms with Crippen LogP contribution in [0.5, 0.6) is 0 Å². The third-order valence-electron chi connectivity index (χ3n) is 4.75. The fraction of sp³-hybridized carbons (Fsp3) is 0.923. The summed E-state index contributed by atoms with van der Waals surface area (Å²) in [5.74, 6) is 1.88. The average Bonchev–Trinajstić information content (AvgIpc) is 2.86. The van der Waals surface area contributed by atoms with Crippen LogP contribution in [0, 0.1) is 17.8 Å². The SMILES string of the molecule is NC1[C@@H]2CC[C@H]1CN(C(=O)C[C@H]1CCOC1)C2. The summed E-state index contributed by atoms with van der Waals surface area (Å²) in [6.45, 7) is 3.38. The number of fused-ring (bicyclic) bond motifs is 2. The summed E-state index contributed by atoms with van der Waals surface area (Å²) in [6.07, 6.45) is 4.14. The van der Waals surface area contributed by atoms with E-state index < -0.39 is 0 Å². The van der Waals surface area contributed by atoms with E-state index in [1.807, 2.05) is 0 Å². The Balaban J connectivity index is 1.56. The van der Waals surface area contributed by atoms with Gasteiger partial charge in [0.05, 0.1) is 0 Å². The minimum atomic E-state index is 0.323. The first-order chi connectivity index (χ1) is 8.24. The van der Waals surface area contributed by atoms with Crippen LogP contribution in [0.4, 0.5) is 0 Å². The Bertz CT molecular complexity index is 288. The largest absolute Gasteiger partial charge is 0.381 e. The van der Waals surface area contributed by atoms with Gasteiger partial charge in [-0.2, -0.15) is 0 Å². The topological polar surface area (TPSA) is 55.6 Å². The second kappa shape index (κ2) is 4.58. The second-order valence-corrected chi connectivity index (χ2v) is 5.91. The van der Waals surface area contributed by atoms with Gasteiger partial charge in [0.1, 0.15) is 0 Å². The maximum Gasteiger partial charge on any atom is 0.222 e. The minimum Gasteiger partial charge on any atom is -0.381 e. The lowest BCUT2D eigenvalue weighted by molar-refractivity contribution is -0.134. The van der Waals surface area contributed by atoms with Crippen molar-refractivity contribution in [3.8, 4) is 0 Å². The zero-order chi connectivity index (χ0) is 11.8. The molecule has 4 atom stereocenters. The van der Waals surface area contributed by atoms with Crippen LogP contribution >= 0.6 is 0 Å². The molecule has 0 aromatic heterocycles. The quantitative estimate of drug-likeness (QED) is 0.767. The van der Waals surface area contributed by atoms with E-state index in [9.17, 15) is 4.79 Å². The number of hydrogen-bond donors (Lipinski definition) is 1. The molecule has 0 aromatic carbocycles. The molecule has 2 N–H and O–H groups in total. The monoisotopic (exact) mass is 238 g/mol. The van der Waals surface area contributed by atoms with Crippen LogP contribution in [0.15, 0.2) is 0 Å². The van der Waals surface area contributed by atoms with Gasteiger partial charge in [0.25, 0.3) is 0 Å². The van der Waals surface area contributed by atoms with Crippen molar-refractivity contribution in [3.63, 3.8) is 0 Å². The number of hydrogen-bond acceptors (Lipinski definition) is 3. The molecule has 4 nitrogen and oxygen atoms in total. The van der Waals surface area contributed by atoms with E-state index >= 15 is 0 Å². The summed E-state index contributed by atoms with van der Waals surface area (Å²) in [6, 6.07) is 0.342. The molecule has 96 valence electrons. The molecule has 3 rings (SSSR count). The molecule has 2 saturated heterocycles. The van der Waals surface area contributed by atoms with Crippen molar-refractivity contribution in [1.82, 2.24) is 4.90 Å². The van der Waals surface area contributed by atoms with E-state index in [1.54, 1.807) is 0 Å². The van der Waals surface area contributed by atoms with Gasteiger partial charge in [-0.05, 0) is 37.0 Å². The zero-order valence-electron chi connectivity index (χ0n) is 10.3. The first kappa shape index (κ1) is 11.5. The zero-order valence-corrected chi connectivity index (χ0v) is 10.3. The molecule has 1 unspecified atom stereocenters. The first-order valence-electron chi connectivity index (χ1n) is 6.85. The maximum atomic E-state index is 12.2. The summed E-state index contributed by atoms with van der Waals surface area (Å²) in [5, 5.41) is 0. The molecule has 0 spiro atoms. The molecule has 1 saturated carbocycles. The molecule has 0 radical (unpaired) electrons. The lowest BCUT2D eigenvalue weighted by Gasteiger charge is -2.36. The van der Waals surface area contributed by atoms with E-state index in [4.69, 9.17) is 10.5 Å². The molecule has 4 heteroatoms. The van der Waals surface area contributed by atoms with Gasteiger partial charge in [0.2, 0.25) is 5.91 Å². The van der Waals surface area contributed by atoms with Gasteiger partial charge in [-0.25, -0.2) is 0 Å². The number of amides is 1. The molecule has 3 fully saturated rings. The van der Waals surface area contributed by atoms with Crippen molar-refractivity contribution in [1.29, 1.82) is 0 Å². The molecular weight excluding hydrogens is 216 g/mol. The highest BCUT2D eigenvalue weighted by Crippen LogP contribution is 2.36. The van der Waals surface area contributed by atoms with Crippen LogP contribution in [-0.2, 0) is 9.53 Å². The Morgan fingerprint density at radius 1 is 1.24 bits per heavy atom. The lowest BCUT2D eigenvalue weighted by Crippen LogP contribution is -2.51. The second-order valence-electron chi connectivity index (χ2n) is 5.91. The van der Waals surface area contributed by atoms with E-state index in [0.717, 1.165) is 32.7 Å². The number of rotatable bonds is 2. The highest BCUT2D eigenvalue weighted by atomic mass is 16.5. The Morgan fingerprint density at radius 2 is 1.94 bits per heavy atom. The molecular formula is C13H22N2O2. The fourth-order valence-electron chi connectivity index (χ4n) is 3.59. The van der Waals surface area contributed by atoms with Crippen molar-refractivity contribution < 1.29 is 9.53 Å². The van der Waals surface area contributed by atoms with Crippen LogP contribution in [0.25, 0.3) is 0 Å². The standard InChI is InChI=1S/C13H22N2O2/c14-13-10-1-2-11(13)7-15(6-10)12(16)5-9-3-4-17-8-9/h9-11,13H,1-8,14H2/t9-,10-,11+,13?/m1/s1. The van der Waals surface area contributed by atoms with Crippen molar-refractivity contribution >= 4 is 5.91 Å². The summed E-state index contributed by atoms with van der Waals surface area (Å²) in [4.78, 5) is 14.3. The molecule has 1 aliphatic carbocycles. The number of nitrogens with two attached hydrogens (primary N) is 1. The number of likely N-dealkylation sites (tertiary alicyclic amines) is 1. The van der Waals surface area contributed by atoms with Crippen LogP contribution < -0.4 is 5.73 Å². The Hall–Kier alpha value is -0.610. The van der Waals surface area contributed by atoms with Crippen LogP contribution in [0.3, 0.4) is 0 Å². The predicted octanol–water partition coefficient (Wildman–Crippen LogP) is 0.609. The molecule has 0 aromatic rings. The average molecular weight is 238 g/mol. The Labute approximate surface area is 102 Å². The summed E-state index contributed by atoms with van der Waals surface area (Å²) < 4.78 is 5.33. The molecule has 1 amide bonds. The third kappa shape index (κ3) is 2.20. The van der Waals surface area contributed by atoms with Crippen molar-refractivity contribution in [2.45, 2.75) is 31.7 Å². The molecule has 17 heavy (non-hydrogen) atoms. The first-order valence-corrected chi connectivity index (χ1v) is 6.85. The predicted molar refractivity (Wildman–Crippen MR) is 64.3 cm³/mol. The summed E-state index contributed by atoms with van der Waals surface area (Å²) in [7, 11) is 0. The number of carbonyl (C=O) groups is 1. The molecule has 2 heterocycles. The number of nitrogens with zero attached hydrogens (tertiary/aromatic N) is 1. The van der Waals surface area contributed by atoms with Gasteiger partial charge < -0.3 is 15.4 Å². The minimum absolute atomic E-state index is 0.323. The summed E-state index contributed by atoms with van der Waals surface area (Å²) in [5.41, 5.74) is 6.15.